The van der Waals surface area contributed by atoms with E-state index in [4.69, 9.17) is 11.1 Å². The molecule has 1 aromatic heterocycles. The van der Waals surface area contributed by atoms with E-state index in [0.717, 1.165) is 25.3 Å². The Labute approximate surface area is 121 Å². The summed E-state index contributed by atoms with van der Waals surface area (Å²) >= 11 is 0. The predicted molar refractivity (Wildman–Crippen MR) is 75.5 cm³/mol. The minimum Gasteiger partial charge on any atom is -0.384 e. The van der Waals surface area contributed by atoms with Crippen molar-refractivity contribution in [1.82, 2.24) is 4.98 Å². The number of nitrogens with one attached hydrogen (secondary N) is 1. The molecule has 0 radical (unpaired) electrons. The molecule has 7 heteroatoms. The van der Waals surface area contributed by atoms with Crippen LogP contribution in [0, 0.1) is 5.41 Å². The van der Waals surface area contributed by atoms with Gasteiger partial charge in [-0.1, -0.05) is 6.92 Å². The lowest BCUT2D eigenvalue weighted by molar-refractivity contribution is -0.141. The number of hydrogen-bond acceptors (Lipinski definition) is 3. The van der Waals surface area contributed by atoms with Crippen molar-refractivity contribution >= 4 is 11.7 Å². The number of hydrogen-bond donors (Lipinski definition) is 2. The van der Waals surface area contributed by atoms with Gasteiger partial charge >= 0.3 is 6.18 Å². The van der Waals surface area contributed by atoms with Gasteiger partial charge in [0.25, 0.3) is 0 Å². The maximum absolute atomic E-state index is 12.9. The Balaban J connectivity index is 2.55. The van der Waals surface area contributed by atoms with Crippen molar-refractivity contribution in [3.05, 3.63) is 23.4 Å². The summed E-state index contributed by atoms with van der Waals surface area (Å²) in [6, 6.07) is 2.34. The van der Waals surface area contributed by atoms with E-state index in [1.807, 2.05) is 18.7 Å². The minimum absolute atomic E-state index is 0.0871. The first kappa shape index (κ1) is 15.6. The van der Waals surface area contributed by atoms with Crippen LogP contribution >= 0.6 is 0 Å². The molecule has 2 unspecified atom stereocenters. The summed E-state index contributed by atoms with van der Waals surface area (Å²) < 4.78 is 38.7. The van der Waals surface area contributed by atoms with Crippen molar-refractivity contribution in [2.75, 3.05) is 4.90 Å². The summed E-state index contributed by atoms with van der Waals surface area (Å²) in [6.07, 6.45) is -1.88. The number of nitrogens with two attached hydrogens (primary N) is 1. The van der Waals surface area contributed by atoms with Gasteiger partial charge in [-0.3, -0.25) is 5.41 Å². The zero-order chi connectivity index (χ0) is 15.8. The largest absolute Gasteiger partial charge is 0.433 e. The highest BCUT2D eigenvalue weighted by Gasteiger charge is 2.37. The first-order valence-electron chi connectivity index (χ1n) is 6.96. The highest BCUT2D eigenvalue weighted by molar-refractivity contribution is 5.99. The summed E-state index contributed by atoms with van der Waals surface area (Å²) in [5.41, 5.74) is 4.82. The van der Waals surface area contributed by atoms with Crippen molar-refractivity contribution < 1.29 is 13.2 Å². The Hall–Kier alpha value is -1.79. The second-order valence-corrected chi connectivity index (χ2v) is 5.37. The lowest BCUT2D eigenvalue weighted by atomic mass is 10.1. The van der Waals surface area contributed by atoms with E-state index < -0.39 is 11.9 Å². The number of alkyl halides is 3. The maximum atomic E-state index is 12.9. The van der Waals surface area contributed by atoms with Crippen LogP contribution in [-0.2, 0) is 6.18 Å². The van der Waals surface area contributed by atoms with E-state index in [1.165, 1.54) is 6.07 Å². The summed E-state index contributed by atoms with van der Waals surface area (Å²) in [7, 11) is 0. The zero-order valence-electron chi connectivity index (χ0n) is 12.0. The molecular weight excluding hydrogens is 281 g/mol. The van der Waals surface area contributed by atoms with Crippen LogP contribution in [0.4, 0.5) is 19.0 Å². The molecule has 1 aliphatic rings. The van der Waals surface area contributed by atoms with Crippen molar-refractivity contribution in [2.24, 2.45) is 5.73 Å². The topological polar surface area (TPSA) is 66.0 Å². The van der Waals surface area contributed by atoms with E-state index in [0.29, 0.717) is 0 Å². The van der Waals surface area contributed by atoms with E-state index in [-0.39, 0.29) is 29.3 Å². The van der Waals surface area contributed by atoms with E-state index in [9.17, 15) is 13.2 Å². The van der Waals surface area contributed by atoms with Crippen LogP contribution in [0.25, 0.3) is 0 Å². The van der Waals surface area contributed by atoms with Gasteiger partial charge in [0.2, 0.25) is 0 Å². The van der Waals surface area contributed by atoms with Gasteiger partial charge in [-0.05, 0) is 38.3 Å². The molecule has 116 valence electrons. The van der Waals surface area contributed by atoms with E-state index >= 15 is 0 Å². The third kappa shape index (κ3) is 2.96. The molecule has 1 aromatic rings. The number of nitrogens with zero attached hydrogens (tertiary/aromatic N) is 2. The number of pyridine rings is 1. The first-order chi connectivity index (χ1) is 9.75. The van der Waals surface area contributed by atoms with Gasteiger partial charge in [0, 0.05) is 12.1 Å². The van der Waals surface area contributed by atoms with Crippen LogP contribution in [0.3, 0.4) is 0 Å². The molecule has 1 fully saturated rings. The minimum atomic E-state index is -4.51. The molecule has 21 heavy (non-hydrogen) atoms. The molecule has 0 amide bonds. The monoisotopic (exact) mass is 300 g/mol. The van der Waals surface area contributed by atoms with Crippen molar-refractivity contribution in [1.29, 1.82) is 5.41 Å². The lowest BCUT2D eigenvalue weighted by Gasteiger charge is -2.31. The average molecular weight is 300 g/mol. The fourth-order valence-corrected chi connectivity index (χ4v) is 2.87. The number of anilines is 1. The molecule has 0 aromatic carbocycles. The summed E-state index contributed by atoms with van der Waals surface area (Å²) in [6.45, 7) is 3.96. The normalized spacial score (nSPS) is 22.6. The lowest BCUT2D eigenvalue weighted by Crippen LogP contribution is -2.37. The predicted octanol–water partition coefficient (Wildman–Crippen LogP) is 3.15. The van der Waals surface area contributed by atoms with Crippen molar-refractivity contribution in [3.63, 3.8) is 0 Å². The molecule has 0 bridgehead atoms. The quantitative estimate of drug-likeness (QED) is 0.665. The van der Waals surface area contributed by atoms with Crippen molar-refractivity contribution in [3.8, 4) is 0 Å². The van der Waals surface area contributed by atoms with Gasteiger partial charge in [-0.25, -0.2) is 4.98 Å². The van der Waals surface area contributed by atoms with Gasteiger partial charge in [0.15, 0.2) is 0 Å². The number of rotatable bonds is 3. The second-order valence-electron chi connectivity index (χ2n) is 5.37. The Kier molecular flexibility index (Phi) is 4.11. The van der Waals surface area contributed by atoms with E-state index in [1.54, 1.807) is 0 Å². The number of aromatic nitrogens is 1. The first-order valence-corrected chi connectivity index (χ1v) is 6.96. The van der Waals surface area contributed by atoms with Crippen LogP contribution in [-0.4, -0.2) is 22.9 Å². The average Bonchev–Trinajstić information content (AvgIpc) is 2.77. The molecule has 2 atom stereocenters. The van der Waals surface area contributed by atoms with Crippen LogP contribution < -0.4 is 10.6 Å². The molecule has 2 rings (SSSR count). The van der Waals surface area contributed by atoms with Gasteiger partial charge < -0.3 is 10.6 Å². The molecule has 4 nitrogen and oxygen atoms in total. The van der Waals surface area contributed by atoms with E-state index in [2.05, 4.69) is 4.98 Å². The Morgan fingerprint density at radius 2 is 2.10 bits per heavy atom. The van der Waals surface area contributed by atoms with Crippen LogP contribution in [0.2, 0.25) is 0 Å². The smallest absolute Gasteiger partial charge is 0.384 e. The molecule has 3 N–H and O–H groups in total. The van der Waals surface area contributed by atoms with Crippen molar-refractivity contribution in [2.45, 2.75) is 51.4 Å². The molecule has 0 aliphatic carbocycles. The Bertz CT molecular complexity index is 542. The SMILES string of the molecule is CCC1CCC(C)N1c1nc(C(F)(F)F)ccc1C(=N)N. The van der Waals surface area contributed by atoms with Crippen LogP contribution in [0.15, 0.2) is 12.1 Å². The third-order valence-electron chi connectivity index (χ3n) is 3.96. The summed E-state index contributed by atoms with van der Waals surface area (Å²) in [4.78, 5) is 5.66. The standard InChI is InChI=1S/C14H19F3N4/c1-3-9-5-4-8(2)21(9)13-10(12(18)19)6-7-11(20-13)14(15,16)17/h6-9H,3-5H2,1-2H3,(H3,18,19). The summed E-state index contributed by atoms with van der Waals surface area (Å²) in [5, 5.41) is 7.59. The van der Waals surface area contributed by atoms with Crippen LogP contribution in [0.5, 0.6) is 0 Å². The Morgan fingerprint density at radius 3 is 2.62 bits per heavy atom. The molecule has 1 saturated heterocycles. The second kappa shape index (κ2) is 5.54. The highest BCUT2D eigenvalue weighted by atomic mass is 19.4. The fourth-order valence-electron chi connectivity index (χ4n) is 2.87. The molecule has 0 spiro atoms. The molecule has 0 saturated carbocycles. The maximum Gasteiger partial charge on any atom is 0.433 e. The van der Waals surface area contributed by atoms with Gasteiger partial charge in [0.05, 0.1) is 5.56 Å². The number of nitrogen functional groups attached to an aromatic ring is 1. The van der Waals surface area contributed by atoms with Crippen LogP contribution in [0.1, 0.15) is 44.4 Å². The molecule has 2 heterocycles. The third-order valence-corrected chi connectivity index (χ3v) is 3.96. The molecular formula is C14H19F3N4. The number of halogens is 3. The summed E-state index contributed by atoms with van der Waals surface area (Å²) in [5.74, 6) is -0.0886. The fraction of sp³-hybridized carbons (Fsp3) is 0.571. The Morgan fingerprint density at radius 1 is 1.43 bits per heavy atom. The highest BCUT2D eigenvalue weighted by Crippen LogP contribution is 2.35. The van der Waals surface area contributed by atoms with Gasteiger partial charge in [-0.2, -0.15) is 13.2 Å². The van der Waals surface area contributed by atoms with Gasteiger partial charge in [-0.15, -0.1) is 0 Å². The molecule has 1 aliphatic heterocycles. The number of amidine groups is 1. The van der Waals surface area contributed by atoms with Gasteiger partial charge in [0.1, 0.15) is 17.3 Å². The zero-order valence-corrected chi connectivity index (χ0v) is 12.0.